The normalized spacial score (nSPS) is 10.5. The number of carbonyl (C=O) groups excluding carboxylic acids is 1. The van der Waals surface area contributed by atoms with Crippen LogP contribution in [0.25, 0.3) is 0 Å². The molecule has 9 heteroatoms. The highest BCUT2D eigenvalue weighted by Gasteiger charge is 2.30. The molecule has 0 bridgehead atoms. The number of esters is 1. The Morgan fingerprint density at radius 1 is 1.67 bits per heavy atom. The first-order valence-corrected chi connectivity index (χ1v) is 5.47. The van der Waals surface area contributed by atoms with Gasteiger partial charge in [-0.2, -0.15) is 0 Å². The highest BCUT2D eigenvalue weighted by molar-refractivity contribution is 9.10. The highest BCUT2D eigenvalue weighted by atomic mass is 79.9. The van der Waals surface area contributed by atoms with E-state index >= 15 is 0 Å². The topological polar surface area (TPSA) is 82.3 Å². The Morgan fingerprint density at radius 3 is 2.72 bits per heavy atom. The molecule has 0 amide bonds. The summed E-state index contributed by atoms with van der Waals surface area (Å²) in [6.07, 6.45) is -2.39. The smallest absolute Gasteiger partial charge is 0.378 e. The van der Waals surface area contributed by atoms with Gasteiger partial charge in [0, 0.05) is 0 Å². The Labute approximate surface area is 108 Å². The fourth-order valence-corrected chi connectivity index (χ4v) is 1.83. The third kappa shape index (κ3) is 2.78. The summed E-state index contributed by atoms with van der Waals surface area (Å²) in [6, 6.07) is 0. The van der Waals surface area contributed by atoms with Crippen LogP contribution in [0.3, 0.4) is 0 Å². The third-order valence-electron chi connectivity index (χ3n) is 1.92. The van der Waals surface area contributed by atoms with E-state index in [-0.39, 0.29) is 6.61 Å². The van der Waals surface area contributed by atoms with Gasteiger partial charge in [-0.3, -0.25) is 0 Å². The van der Waals surface area contributed by atoms with Crippen LogP contribution in [0.15, 0.2) is 10.7 Å². The van der Waals surface area contributed by atoms with Crippen molar-refractivity contribution in [1.29, 1.82) is 0 Å². The van der Waals surface area contributed by atoms with Crippen LogP contribution < -0.4 is 0 Å². The van der Waals surface area contributed by atoms with E-state index in [2.05, 4.69) is 25.7 Å². The van der Waals surface area contributed by atoms with Crippen LogP contribution >= 0.6 is 15.9 Å². The van der Waals surface area contributed by atoms with Gasteiger partial charge >= 0.3 is 11.8 Å². The van der Waals surface area contributed by atoms with Gasteiger partial charge in [-0.15, -0.1) is 0 Å². The van der Waals surface area contributed by atoms with E-state index in [9.17, 15) is 23.7 Å². The van der Waals surface area contributed by atoms with E-state index in [4.69, 9.17) is 0 Å². The van der Waals surface area contributed by atoms with Crippen molar-refractivity contribution in [2.24, 2.45) is 0 Å². The van der Waals surface area contributed by atoms with Crippen LogP contribution in [0, 0.1) is 10.1 Å². The molecule has 6 nitrogen and oxygen atoms in total. The summed E-state index contributed by atoms with van der Waals surface area (Å²) >= 11 is 2.73. The van der Waals surface area contributed by atoms with E-state index in [0.717, 1.165) is 0 Å². The van der Waals surface area contributed by atoms with Crippen molar-refractivity contribution in [1.82, 2.24) is 4.98 Å². The summed E-state index contributed by atoms with van der Waals surface area (Å²) in [7, 11) is 0. The molecule has 0 saturated heterocycles. The lowest BCUT2D eigenvalue weighted by Crippen LogP contribution is -2.12. The molecule has 0 spiro atoms. The molecular weight excluding hydrogens is 318 g/mol. The number of hydrogen-bond donors (Lipinski definition) is 0. The van der Waals surface area contributed by atoms with E-state index < -0.39 is 38.7 Å². The minimum atomic E-state index is -2.99. The minimum absolute atomic E-state index is 0.0376. The van der Waals surface area contributed by atoms with E-state index in [0.29, 0.717) is 6.20 Å². The Kier molecular flexibility index (Phi) is 4.65. The number of halogens is 3. The maximum Gasteiger partial charge on any atom is 0.378 e. The number of nitrogens with zero attached hydrogens (tertiary/aromatic N) is 2. The average Bonchev–Trinajstić information content (AvgIpc) is 2.27. The Balaban J connectivity index is 3.45. The molecule has 0 unspecified atom stereocenters. The van der Waals surface area contributed by atoms with Gasteiger partial charge in [0.25, 0.3) is 6.43 Å². The Morgan fingerprint density at radius 2 is 2.28 bits per heavy atom. The fourth-order valence-electron chi connectivity index (χ4n) is 1.19. The van der Waals surface area contributed by atoms with Crippen LogP contribution in [-0.4, -0.2) is 22.5 Å². The summed E-state index contributed by atoms with van der Waals surface area (Å²) < 4.78 is 29.6. The number of ether oxygens (including phenoxy) is 1. The molecule has 0 saturated carbocycles. The van der Waals surface area contributed by atoms with Crippen molar-refractivity contribution in [3.63, 3.8) is 0 Å². The van der Waals surface area contributed by atoms with Gasteiger partial charge in [-0.1, -0.05) is 0 Å². The van der Waals surface area contributed by atoms with Gasteiger partial charge in [-0.25, -0.2) is 13.6 Å². The number of alkyl halides is 2. The number of pyridine rings is 1. The van der Waals surface area contributed by atoms with Crippen molar-refractivity contribution in [2.75, 3.05) is 6.61 Å². The van der Waals surface area contributed by atoms with Crippen molar-refractivity contribution in [2.45, 2.75) is 13.3 Å². The zero-order valence-electron chi connectivity index (χ0n) is 9.02. The number of hydrogen-bond acceptors (Lipinski definition) is 5. The molecule has 1 aromatic rings. The van der Waals surface area contributed by atoms with E-state index in [1.165, 1.54) is 6.92 Å². The van der Waals surface area contributed by atoms with Crippen LogP contribution in [0.2, 0.25) is 0 Å². The predicted octanol–water partition coefficient (Wildman–Crippen LogP) is 2.87. The number of aromatic nitrogens is 1. The first kappa shape index (κ1) is 14.4. The Bertz CT molecular complexity index is 496. The van der Waals surface area contributed by atoms with Crippen molar-refractivity contribution in [3.8, 4) is 0 Å². The lowest BCUT2D eigenvalue weighted by Gasteiger charge is -2.08. The summed E-state index contributed by atoms with van der Waals surface area (Å²) in [4.78, 5) is 24.5. The molecular formula is C9H7BrF2N2O4. The monoisotopic (exact) mass is 324 g/mol. The van der Waals surface area contributed by atoms with Crippen LogP contribution in [0.4, 0.5) is 14.6 Å². The highest BCUT2D eigenvalue weighted by Crippen LogP contribution is 2.33. The largest absolute Gasteiger partial charge is 0.462 e. The number of nitro groups is 1. The molecule has 0 N–H and O–H groups in total. The molecule has 1 rings (SSSR count). The second kappa shape index (κ2) is 5.80. The SMILES string of the molecule is CCOC(=O)c1c(C(F)F)cnc([N+](=O)[O-])c1Br. The summed E-state index contributed by atoms with van der Waals surface area (Å²) in [5.74, 6) is -1.78. The summed E-state index contributed by atoms with van der Waals surface area (Å²) in [5.41, 5.74) is -1.29. The fraction of sp³-hybridized carbons (Fsp3) is 0.333. The maximum atomic E-state index is 12.7. The second-order valence-corrected chi connectivity index (χ2v) is 3.80. The molecule has 98 valence electrons. The first-order chi connectivity index (χ1) is 8.40. The standard InChI is InChI=1S/C9H7BrF2N2O4/c1-2-18-9(15)5-4(7(11)12)3-13-8(6(5)10)14(16)17/h3,7H,2H2,1H3. The van der Waals surface area contributed by atoms with E-state index in [1.807, 2.05) is 0 Å². The van der Waals surface area contributed by atoms with Gasteiger partial charge < -0.3 is 14.9 Å². The van der Waals surface area contributed by atoms with Gasteiger partial charge in [0.2, 0.25) is 0 Å². The van der Waals surface area contributed by atoms with Crippen molar-refractivity contribution >= 4 is 27.7 Å². The molecule has 0 aliphatic carbocycles. The van der Waals surface area contributed by atoms with Crippen LogP contribution in [0.5, 0.6) is 0 Å². The van der Waals surface area contributed by atoms with Gasteiger partial charge in [0.15, 0.2) is 0 Å². The lowest BCUT2D eigenvalue weighted by atomic mass is 10.1. The molecule has 0 radical (unpaired) electrons. The van der Waals surface area contributed by atoms with Gasteiger partial charge in [0.1, 0.15) is 10.7 Å². The van der Waals surface area contributed by atoms with Crippen LogP contribution in [0.1, 0.15) is 29.3 Å². The van der Waals surface area contributed by atoms with Crippen molar-refractivity contribution < 1.29 is 23.2 Å². The Hall–Kier alpha value is -1.64. The predicted molar refractivity (Wildman–Crippen MR) is 59.5 cm³/mol. The zero-order chi connectivity index (χ0) is 13.9. The molecule has 18 heavy (non-hydrogen) atoms. The maximum absolute atomic E-state index is 12.7. The quantitative estimate of drug-likeness (QED) is 0.483. The molecule has 1 heterocycles. The molecule has 0 fully saturated rings. The molecule has 0 aromatic carbocycles. The third-order valence-corrected chi connectivity index (χ3v) is 2.67. The van der Waals surface area contributed by atoms with E-state index in [1.54, 1.807) is 0 Å². The molecule has 0 aliphatic heterocycles. The number of carbonyl (C=O) groups is 1. The average molecular weight is 325 g/mol. The molecule has 0 aliphatic rings. The van der Waals surface area contributed by atoms with Gasteiger partial charge in [0.05, 0.1) is 17.7 Å². The van der Waals surface area contributed by atoms with Crippen molar-refractivity contribution in [3.05, 3.63) is 31.9 Å². The van der Waals surface area contributed by atoms with Gasteiger partial charge in [-0.05, 0) is 32.8 Å². The minimum Gasteiger partial charge on any atom is -0.462 e. The molecule has 1 aromatic heterocycles. The summed E-state index contributed by atoms with van der Waals surface area (Å²) in [6.45, 7) is 1.45. The lowest BCUT2D eigenvalue weighted by molar-refractivity contribution is -0.390. The first-order valence-electron chi connectivity index (χ1n) is 4.68. The zero-order valence-corrected chi connectivity index (χ0v) is 10.6. The number of rotatable bonds is 4. The summed E-state index contributed by atoms with van der Waals surface area (Å²) in [5, 5.41) is 10.6. The molecule has 0 atom stereocenters. The second-order valence-electron chi connectivity index (χ2n) is 3.00. The van der Waals surface area contributed by atoms with Crippen LogP contribution in [-0.2, 0) is 4.74 Å².